The van der Waals surface area contributed by atoms with E-state index >= 15 is 0 Å². The van der Waals surface area contributed by atoms with Crippen LogP contribution < -0.4 is 5.73 Å². The van der Waals surface area contributed by atoms with E-state index in [1.807, 2.05) is 4.90 Å². The Morgan fingerprint density at radius 3 is 2.19 bits per heavy atom. The van der Waals surface area contributed by atoms with E-state index in [1.54, 1.807) is 0 Å². The summed E-state index contributed by atoms with van der Waals surface area (Å²) in [6, 6.07) is 0. The van der Waals surface area contributed by atoms with Gasteiger partial charge in [-0.2, -0.15) is 0 Å². The zero-order valence-corrected chi connectivity index (χ0v) is 11.5. The van der Waals surface area contributed by atoms with Gasteiger partial charge in [0.2, 0.25) is 5.91 Å². The van der Waals surface area contributed by atoms with E-state index in [0.717, 1.165) is 25.8 Å². The first-order valence-electron chi connectivity index (χ1n) is 6.13. The van der Waals surface area contributed by atoms with Gasteiger partial charge in [0.05, 0.1) is 4.99 Å². The third-order valence-electron chi connectivity index (χ3n) is 2.77. The van der Waals surface area contributed by atoms with Crippen LogP contribution in [0.15, 0.2) is 0 Å². The summed E-state index contributed by atoms with van der Waals surface area (Å²) < 4.78 is 0. The molecule has 0 heterocycles. The van der Waals surface area contributed by atoms with E-state index < -0.39 is 0 Å². The molecule has 0 aromatic carbocycles. The fourth-order valence-electron chi connectivity index (χ4n) is 1.74. The number of hydrogen-bond donors (Lipinski definition) is 1. The van der Waals surface area contributed by atoms with E-state index in [-0.39, 0.29) is 11.8 Å². The number of carbonyl (C=O) groups is 1. The van der Waals surface area contributed by atoms with Gasteiger partial charge in [-0.05, 0) is 19.3 Å². The second-order valence-corrected chi connectivity index (χ2v) is 4.58. The highest BCUT2D eigenvalue weighted by Gasteiger charge is 2.20. The number of hydrogen-bond acceptors (Lipinski definition) is 2. The van der Waals surface area contributed by atoms with Crippen molar-refractivity contribution in [3.05, 3.63) is 0 Å². The molecule has 16 heavy (non-hydrogen) atoms. The molecular formula is C12H24N2OS. The summed E-state index contributed by atoms with van der Waals surface area (Å²) in [6.07, 6.45) is 3.41. The van der Waals surface area contributed by atoms with Crippen LogP contribution in [0.5, 0.6) is 0 Å². The van der Waals surface area contributed by atoms with Crippen LogP contribution in [-0.2, 0) is 4.79 Å². The van der Waals surface area contributed by atoms with Gasteiger partial charge in [0.25, 0.3) is 0 Å². The molecule has 0 aromatic rings. The molecule has 0 saturated heterocycles. The minimum atomic E-state index is 0.151. The van der Waals surface area contributed by atoms with Crippen molar-refractivity contribution in [3.8, 4) is 0 Å². The number of nitrogens with two attached hydrogens (primary N) is 1. The lowest BCUT2D eigenvalue weighted by Crippen LogP contribution is -2.38. The Morgan fingerprint density at radius 2 is 1.81 bits per heavy atom. The fourth-order valence-corrected chi connectivity index (χ4v) is 1.83. The first-order valence-corrected chi connectivity index (χ1v) is 6.54. The van der Waals surface area contributed by atoms with Crippen molar-refractivity contribution in [1.29, 1.82) is 0 Å². The summed E-state index contributed by atoms with van der Waals surface area (Å²) in [5.74, 6) is 0.404. The maximum absolute atomic E-state index is 12.1. The zero-order chi connectivity index (χ0) is 12.6. The standard InChI is InChI=1S/C12H24N2OS/c1-4-8-14(9-7-11(13)16)12(15)10(5-2)6-3/h10H,4-9H2,1-3H3,(H2,13,16). The van der Waals surface area contributed by atoms with E-state index in [4.69, 9.17) is 18.0 Å². The van der Waals surface area contributed by atoms with Gasteiger partial charge in [-0.1, -0.05) is 33.0 Å². The lowest BCUT2D eigenvalue weighted by Gasteiger charge is -2.26. The minimum Gasteiger partial charge on any atom is -0.393 e. The van der Waals surface area contributed by atoms with Crippen LogP contribution in [0.3, 0.4) is 0 Å². The molecule has 0 radical (unpaired) electrons. The number of thiocarbonyl (C=S) groups is 1. The van der Waals surface area contributed by atoms with Crippen LogP contribution in [0.2, 0.25) is 0 Å². The van der Waals surface area contributed by atoms with Crippen molar-refractivity contribution in [2.45, 2.75) is 46.5 Å². The van der Waals surface area contributed by atoms with E-state index in [9.17, 15) is 4.79 Å². The smallest absolute Gasteiger partial charge is 0.225 e. The molecule has 2 N–H and O–H groups in total. The number of carbonyl (C=O) groups excluding carboxylic acids is 1. The second kappa shape index (κ2) is 8.50. The van der Waals surface area contributed by atoms with Crippen LogP contribution >= 0.6 is 12.2 Å². The molecule has 0 aliphatic heterocycles. The van der Waals surface area contributed by atoms with Gasteiger partial charge in [0.15, 0.2) is 0 Å². The summed E-state index contributed by atoms with van der Waals surface area (Å²) in [7, 11) is 0. The predicted octanol–water partition coefficient (Wildman–Crippen LogP) is 2.34. The maximum Gasteiger partial charge on any atom is 0.225 e. The third-order valence-corrected chi connectivity index (χ3v) is 2.97. The molecule has 0 unspecified atom stereocenters. The summed E-state index contributed by atoms with van der Waals surface area (Å²) in [6.45, 7) is 7.66. The van der Waals surface area contributed by atoms with Crippen molar-refractivity contribution in [2.24, 2.45) is 11.7 Å². The van der Waals surface area contributed by atoms with Crippen molar-refractivity contribution in [2.75, 3.05) is 13.1 Å². The maximum atomic E-state index is 12.1. The Labute approximate surface area is 104 Å². The van der Waals surface area contributed by atoms with E-state index in [0.29, 0.717) is 18.0 Å². The van der Waals surface area contributed by atoms with Crippen LogP contribution in [0.25, 0.3) is 0 Å². The van der Waals surface area contributed by atoms with Crippen molar-refractivity contribution in [3.63, 3.8) is 0 Å². The van der Waals surface area contributed by atoms with Gasteiger partial charge in [0, 0.05) is 25.4 Å². The van der Waals surface area contributed by atoms with Crippen molar-refractivity contribution >= 4 is 23.1 Å². The lowest BCUT2D eigenvalue weighted by atomic mass is 10.0. The molecule has 3 nitrogen and oxygen atoms in total. The molecular weight excluding hydrogens is 220 g/mol. The Balaban J connectivity index is 4.37. The van der Waals surface area contributed by atoms with Gasteiger partial charge in [-0.25, -0.2) is 0 Å². The Morgan fingerprint density at radius 1 is 1.25 bits per heavy atom. The normalized spacial score (nSPS) is 10.5. The molecule has 0 fully saturated rings. The van der Waals surface area contributed by atoms with Gasteiger partial charge in [-0.15, -0.1) is 0 Å². The third kappa shape index (κ3) is 5.45. The summed E-state index contributed by atoms with van der Waals surface area (Å²) in [5.41, 5.74) is 5.47. The van der Waals surface area contributed by atoms with Crippen molar-refractivity contribution in [1.82, 2.24) is 4.90 Å². The Bertz CT molecular complexity index is 227. The van der Waals surface area contributed by atoms with Gasteiger partial charge in [0.1, 0.15) is 0 Å². The summed E-state index contributed by atoms with van der Waals surface area (Å²) in [4.78, 5) is 14.5. The Hall–Kier alpha value is -0.640. The Kier molecular flexibility index (Phi) is 8.16. The van der Waals surface area contributed by atoms with Crippen LogP contribution in [-0.4, -0.2) is 28.9 Å². The average molecular weight is 244 g/mol. The van der Waals surface area contributed by atoms with E-state index in [1.165, 1.54) is 0 Å². The van der Waals surface area contributed by atoms with E-state index in [2.05, 4.69) is 20.8 Å². The first-order chi connectivity index (χ1) is 7.56. The van der Waals surface area contributed by atoms with Crippen LogP contribution in [0.4, 0.5) is 0 Å². The quantitative estimate of drug-likeness (QED) is 0.667. The zero-order valence-electron chi connectivity index (χ0n) is 10.7. The van der Waals surface area contributed by atoms with Crippen LogP contribution in [0, 0.1) is 5.92 Å². The highest BCUT2D eigenvalue weighted by Crippen LogP contribution is 2.12. The molecule has 0 saturated carbocycles. The summed E-state index contributed by atoms with van der Waals surface area (Å²) >= 11 is 4.85. The number of amides is 1. The monoisotopic (exact) mass is 244 g/mol. The van der Waals surface area contributed by atoms with Gasteiger partial charge in [-0.3, -0.25) is 4.79 Å². The molecule has 0 spiro atoms. The van der Waals surface area contributed by atoms with Crippen molar-refractivity contribution < 1.29 is 4.79 Å². The largest absolute Gasteiger partial charge is 0.393 e. The molecule has 0 aliphatic carbocycles. The molecule has 0 atom stereocenters. The molecule has 0 aliphatic rings. The molecule has 94 valence electrons. The lowest BCUT2D eigenvalue weighted by molar-refractivity contribution is -0.135. The highest BCUT2D eigenvalue weighted by atomic mass is 32.1. The second-order valence-electron chi connectivity index (χ2n) is 4.06. The van der Waals surface area contributed by atoms with Gasteiger partial charge < -0.3 is 10.6 Å². The highest BCUT2D eigenvalue weighted by molar-refractivity contribution is 7.80. The molecule has 1 amide bonds. The molecule has 0 rings (SSSR count). The SMILES string of the molecule is CCCN(CCC(N)=S)C(=O)C(CC)CC. The van der Waals surface area contributed by atoms with Gasteiger partial charge >= 0.3 is 0 Å². The molecule has 4 heteroatoms. The predicted molar refractivity (Wildman–Crippen MR) is 72.3 cm³/mol. The fraction of sp³-hybridized carbons (Fsp3) is 0.833. The minimum absolute atomic E-state index is 0.151. The first kappa shape index (κ1) is 15.4. The summed E-state index contributed by atoms with van der Waals surface area (Å²) in [5, 5.41) is 0. The molecule has 0 bridgehead atoms. The number of rotatable bonds is 8. The topological polar surface area (TPSA) is 46.3 Å². The molecule has 0 aromatic heterocycles. The number of nitrogens with zero attached hydrogens (tertiary/aromatic N) is 1. The average Bonchev–Trinajstić information content (AvgIpc) is 2.25. The van der Waals surface area contributed by atoms with Crippen LogP contribution in [0.1, 0.15) is 46.5 Å².